The summed E-state index contributed by atoms with van der Waals surface area (Å²) in [6.07, 6.45) is 5.70. The Kier molecular flexibility index (Phi) is 1.26. The van der Waals surface area contributed by atoms with E-state index in [2.05, 4.69) is 18.9 Å². The van der Waals surface area contributed by atoms with Crippen molar-refractivity contribution < 1.29 is 9.58 Å². The van der Waals surface area contributed by atoms with Gasteiger partial charge in [0.2, 0.25) is 6.20 Å². The van der Waals surface area contributed by atoms with Crippen molar-refractivity contribution in [1.82, 2.24) is 5.10 Å². The number of fused-ring (bicyclic) bond motifs is 3. The molecule has 0 aromatic carbocycles. The fraction of sp³-hybridized carbons (Fsp3) is 0.667. The minimum Gasteiger partial charge on any atom is -0.594 e. The lowest BCUT2D eigenvalue weighted by molar-refractivity contribution is -0.669. The lowest BCUT2D eigenvalue weighted by atomic mass is 9.85. The molecule has 0 radical (unpaired) electrons. The van der Waals surface area contributed by atoms with Crippen LogP contribution in [-0.4, -0.2) is 16.3 Å². The molecule has 3 aliphatic rings. The van der Waals surface area contributed by atoms with Crippen LogP contribution in [0.5, 0.6) is 0 Å². The third-order valence-electron chi connectivity index (χ3n) is 4.75. The molecule has 3 atom stereocenters. The third-order valence-corrected chi connectivity index (χ3v) is 4.75. The smallest absolute Gasteiger partial charge is 0.213 e. The average Bonchev–Trinajstić information content (AvgIpc) is 2.53. The topological polar surface area (TPSA) is 52.4 Å². The zero-order valence-corrected chi connectivity index (χ0v) is 9.43. The van der Waals surface area contributed by atoms with Gasteiger partial charge in [-0.1, -0.05) is 4.85 Å². The number of aromatic nitrogens is 2. The lowest BCUT2D eigenvalue weighted by Crippen LogP contribution is -2.31. The molecule has 2 aliphatic carbocycles. The molecule has 4 rings (SSSR count). The molecule has 1 aliphatic heterocycles. The first-order chi connectivity index (χ1) is 7.56. The van der Waals surface area contributed by atoms with Crippen molar-refractivity contribution in [2.24, 2.45) is 0 Å². The summed E-state index contributed by atoms with van der Waals surface area (Å²) in [7, 11) is 0. The lowest BCUT2D eigenvalue weighted by Gasteiger charge is -2.12. The van der Waals surface area contributed by atoms with E-state index in [1.54, 1.807) is 12.4 Å². The Morgan fingerprint density at radius 1 is 1.38 bits per heavy atom. The molecule has 2 heterocycles. The summed E-state index contributed by atoms with van der Waals surface area (Å²) in [6, 6.07) is 0. The standard InChI is InChI=1S/C12H14N2O2/c1-11(2)12(16-11)9-3-4-10(12)8-6-14(15)13-5-7(8)9/h5-6,9-10H,3-4H2,1-2H3/t9-,10+,12+/m0/s1. The van der Waals surface area contributed by atoms with E-state index in [-0.39, 0.29) is 11.2 Å². The number of hydrogen-bond acceptors (Lipinski definition) is 3. The first-order valence-corrected chi connectivity index (χ1v) is 5.86. The second kappa shape index (κ2) is 2.25. The molecule has 4 nitrogen and oxygen atoms in total. The van der Waals surface area contributed by atoms with Crippen molar-refractivity contribution in [3.63, 3.8) is 0 Å². The van der Waals surface area contributed by atoms with Crippen LogP contribution in [0.4, 0.5) is 0 Å². The van der Waals surface area contributed by atoms with Gasteiger partial charge in [-0.2, -0.15) is 0 Å². The van der Waals surface area contributed by atoms with Crippen LogP contribution >= 0.6 is 0 Å². The first-order valence-electron chi connectivity index (χ1n) is 5.86. The highest BCUT2D eigenvalue weighted by molar-refractivity contribution is 5.49. The summed E-state index contributed by atoms with van der Waals surface area (Å²) < 4.78 is 6.02. The van der Waals surface area contributed by atoms with E-state index < -0.39 is 0 Å². The van der Waals surface area contributed by atoms with Crippen molar-refractivity contribution in [2.45, 2.75) is 49.7 Å². The quantitative estimate of drug-likeness (QED) is 0.374. The number of hydrogen-bond donors (Lipinski definition) is 0. The summed E-state index contributed by atoms with van der Waals surface area (Å²) >= 11 is 0. The largest absolute Gasteiger partial charge is 0.594 e. The van der Waals surface area contributed by atoms with E-state index in [1.165, 1.54) is 17.5 Å². The van der Waals surface area contributed by atoms with Gasteiger partial charge in [-0.05, 0) is 32.3 Å². The molecule has 4 heteroatoms. The van der Waals surface area contributed by atoms with Crippen LogP contribution in [0.15, 0.2) is 12.4 Å². The first kappa shape index (κ1) is 8.93. The van der Waals surface area contributed by atoms with Gasteiger partial charge in [0.1, 0.15) is 5.60 Å². The molecule has 1 aromatic heterocycles. The van der Waals surface area contributed by atoms with E-state index in [1.807, 2.05) is 0 Å². The second-order valence-electron chi connectivity index (χ2n) is 5.67. The van der Waals surface area contributed by atoms with Crippen molar-refractivity contribution >= 4 is 0 Å². The van der Waals surface area contributed by atoms with Crippen LogP contribution in [0, 0.1) is 5.21 Å². The normalized spacial score (nSPS) is 41.4. The Bertz CT molecular complexity index is 500. The van der Waals surface area contributed by atoms with Crippen LogP contribution in [-0.2, 0) is 4.74 Å². The second-order valence-corrected chi connectivity index (χ2v) is 5.67. The molecular formula is C12H14N2O2. The molecule has 16 heavy (non-hydrogen) atoms. The van der Waals surface area contributed by atoms with Gasteiger partial charge >= 0.3 is 0 Å². The Labute approximate surface area is 93.8 Å². The molecular weight excluding hydrogens is 204 g/mol. The summed E-state index contributed by atoms with van der Waals surface area (Å²) in [5.41, 5.74) is 2.36. The third kappa shape index (κ3) is 0.725. The molecule has 1 saturated carbocycles. The van der Waals surface area contributed by atoms with Gasteiger partial charge in [-0.3, -0.25) is 0 Å². The van der Waals surface area contributed by atoms with Crippen molar-refractivity contribution in [2.75, 3.05) is 0 Å². The highest BCUT2D eigenvalue weighted by Gasteiger charge is 2.77. The molecule has 1 aromatic rings. The predicted octanol–water partition coefficient (Wildman–Crippen LogP) is 1.24. The highest BCUT2D eigenvalue weighted by Crippen LogP contribution is 2.73. The van der Waals surface area contributed by atoms with Crippen LogP contribution in [0.2, 0.25) is 0 Å². The maximum atomic E-state index is 11.3. The minimum absolute atomic E-state index is 0.0225. The fourth-order valence-electron chi connectivity index (χ4n) is 4.16. The van der Waals surface area contributed by atoms with Crippen molar-refractivity contribution in [1.29, 1.82) is 0 Å². The van der Waals surface area contributed by atoms with Gasteiger partial charge in [0.25, 0.3) is 0 Å². The number of nitrogens with zero attached hydrogens (tertiary/aromatic N) is 2. The maximum Gasteiger partial charge on any atom is 0.213 e. The van der Waals surface area contributed by atoms with E-state index in [0.29, 0.717) is 16.7 Å². The van der Waals surface area contributed by atoms with Gasteiger partial charge in [-0.15, -0.1) is 0 Å². The zero-order chi connectivity index (χ0) is 11.1. The summed E-state index contributed by atoms with van der Waals surface area (Å²) in [5, 5.41) is 15.1. The number of rotatable bonds is 0. The van der Waals surface area contributed by atoms with Crippen LogP contribution < -0.4 is 4.85 Å². The van der Waals surface area contributed by atoms with Crippen LogP contribution in [0.1, 0.15) is 49.7 Å². The Hall–Kier alpha value is -1.16. The van der Waals surface area contributed by atoms with Crippen molar-refractivity contribution in [3.05, 3.63) is 28.7 Å². The molecule has 0 unspecified atom stereocenters. The number of epoxide rings is 1. The molecule has 0 N–H and O–H groups in total. The van der Waals surface area contributed by atoms with Crippen LogP contribution in [0.25, 0.3) is 0 Å². The maximum absolute atomic E-state index is 11.3. The minimum atomic E-state index is -0.0361. The Morgan fingerprint density at radius 3 is 2.62 bits per heavy atom. The molecule has 2 fully saturated rings. The van der Waals surface area contributed by atoms with Gasteiger partial charge < -0.3 is 9.94 Å². The Morgan fingerprint density at radius 2 is 2.00 bits per heavy atom. The van der Waals surface area contributed by atoms with E-state index >= 15 is 0 Å². The molecule has 1 spiro atoms. The van der Waals surface area contributed by atoms with Gasteiger partial charge in [0.05, 0.1) is 11.8 Å². The monoisotopic (exact) mass is 218 g/mol. The van der Waals surface area contributed by atoms with Gasteiger partial charge in [0.15, 0.2) is 0 Å². The van der Waals surface area contributed by atoms with Crippen molar-refractivity contribution in [3.8, 4) is 0 Å². The Balaban J connectivity index is 1.92. The van der Waals surface area contributed by atoms with E-state index in [0.717, 1.165) is 6.42 Å². The summed E-state index contributed by atoms with van der Waals surface area (Å²) in [5.74, 6) is 0.863. The van der Waals surface area contributed by atoms with Gasteiger partial charge in [-0.25, -0.2) is 0 Å². The summed E-state index contributed by atoms with van der Waals surface area (Å²) in [4.78, 5) is 0.669. The zero-order valence-electron chi connectivity index (χ0n) is 9.43. The number of ether oxygens (including phenoxy) is 1. The molecule has 1 saturated heterocycles. The average molecular weight is 218 g/mol. The van der Waals surface area contributed by atoms with E-state index in [9.17, 15) is 5.21 Å². The van der Waals surface area contributed by atoms with Gasteiger partial charge in [0, 0.05) is 22.5 Å². The predicted molar refractivity (Wildman–Crippen MR) is 55.8 cm³/mol. The van der Waals surface area contributed by atoms with Crippen LogP contribution in [0.3, 0.4) is 0 Å². The van der Waals surface area contributed by atoms with E-state index in [4.69, 9.17) is 4.74 Å². The fourth-order valence-corrected chi connectivity index (χ4v) is 4.16. The SMILES string of the molecule is CC1(C)O[C@]12[C@@H]1CC[C@H]2c2cn[n+]([O-])cc21. The molecule has 2 bridgehead atoms. The highest BCUT2D eigenvalue weighted by atomic mass is 16.6. The molecule has 0 amide bonds. The summed E-state index contributed by atoms with van der Waals surface area (Å²) in [6.45, 7) is 4.31. The molecule has 84 valence electrons.